The Labute approximate surface area is 147 Å². The molecule has 0 fully saturated rings. The topological polar surface area (TPSA) is 67.9 Å². The first-order valence-corrected chi connectivity index (χ1v) is 7.95. The lowest BCUT2D eigenvalue weighted by atomic mass is 10.3. The van der Waals surface area contributed by atoms with Crippen molar-refractivity contribution in [2.24, 2.45) is 0 Å². The SMILES string of the molecule is CN(C)C(=O)COc1ccc(NC(=O)CCOc2ccccc2)cc1. The van der Waals surface area contributed by atoms with Gasteiger partial charge in [0.2, 0.25) is 5.91 Å². The predicted molar refractivity (Wildman–Crippen MR) is 95.8 cm³/mol. The van der Waals surface area contributed by atoms with Crippen LogP contribution in [0.1, 0.15) is 6.42 Å². The lowest BCUT2D eigenvalue weighted by Crippen LogP contribution is -2.27. The summed E-state index contributed by atoms with van der Waals surface area (Å²) in [6.45, 7) is 0.291. The van der Waals surface area contributed by atoms with Crippen LogP contribution in [0, 0.1) is 0 Å². The van der Waals surface area contributed by atoms with Crippen molar-refractivity contribution in [3.8, 4) is 11.5 Å². The van der Waals surface area contributed by atoms with E-state index in [2.05, 4.69) is 5.32 Å². The fourth-order valence-electron chi connectivity index (χ4n) is 1.91. The maximum atomic E-state index is 11.9. The largest absolute Gasteiger partial charge is 0.493 e. The number of carbonyl (C=O) groups is 2. The maximum Gasteiger partial charge on any atom is 0.259 e. The zero-order valence-electron chi connectivity index (χ0n) is 14.4. The number of nitrogens with one attached hydrogen (secondary N) is 1. The number of amides is 2. The zero-order chi connectivity index (χ0) is 18.1. The van der Waals surface area contributed by atoms with E-state index < -0.39 is 0 Å². The van der Waals surface area contributed by atoms with Crippen LogP contribution in [0.25, 0.3) is 0 Å². The van der Waals surface area contributed by atoms with Gasteiger partial charge in [0.1, 0.15) is 11.5 Å². The van der Waals surface area contributed by atoms with Crippen LogP contribution in [0.5, 0.6) is 11.5 Å². The van der Waals surface area contributed by atoms with Gasteiger partial charge in [-0.25, -0.2) is 0 Å². The predicted octanol–water partition coefficient (Wildman–Crippen LogP) is 2.56. The van der Waals surface area contributed by atoms with E-state index in [1.54, 1.807) is 38.4 Å². The van der Waals surface area contributed by atoms with Crippen molar-refractivity contribution in [2.75, 3.05) is 32.6 Å². The van der Waals surface area contributed by atoms with Crippen molar-refractivity contribution < 1.29 is 19.1 Å². The molecular weight excluding hydrogens is 320 g/mol. The second-order valence-corrected chi connectivity index (χ2v) is 5.56. The first kappa shape index (κ1) is 18.3. The quantitative estimate of drug-likeness (QED) is 0.801. The van der Waals surface area contributed by atoms with E-state index in [0.29, 0.717) is 18.0 Å². The summed E-state index contributed by atoms with van der Waals surface area (Å²) >= 11 is 0. The Morgan fingerprint density at radius 1 is 0.920 bits per heavy atom. The van der Waals surface area contributed by atoms with Gasteiger partial charge in [-0.1, -0.05) is 18.2 Å². The Kier molecular flexibility index (Phi) is 6.83. The molecule has 6 nitrogen and oxygen atoms in total. The average Bonchev–Trinajstić information content (AvgIpc) is 2.61. The molecule has 2 aromatic rings. The van der Waals surface area contributed by atoms with E-state index >= 15 is 0 Å². The van der Waals surface area contributed by atoms with Gasteiger partial charge in [-0.05, 0) is 36.4 Å². The molecule has 132 valence electrons. The van der Waals surface area contributed by atoms with Crippen molar-refractivity contribution in [1.82, 2.24) is 4.90 Å². The molecule has 0 radical (unpaired) electrons. The number of hydrogen-bond acceptors (Lipinski definition) is 4. The molecule has 0 heterocycles. The number of hydrogen-bond donors (Lipinski definition) is 1. The molecule has 25 heavy (non-hydrogen) atoms. The smallest absolute Gasteiger partial charge is 0.259 e. The second-order valence-electron chi connectivity index (χ2n) is 5.56. The molecule has 6 heteroatoms. The van der Waals surface area contributed by atoms with Crippen LogP contribution < -0.4 is 14.8 Å². The summed E-state index contributed by atoms with van der Waals surface area (Å²) in [4.78, 5) is 24.8. The Morgan fingerprint density at radius 2 is 1.56 bits per heavy atom. The van der Waals surface area contributed by atoms with E-state index in [0.717, 1.165) is 5.75 Å². The van der Waals surface area contributed by atoms with Crippen molar-refractivity contribution in [1.29, 1.82) is 0 Å². The lowest BCUT2D eigenvalue weighted by molar-refractivity contribution is -0.130. The second kappa shape index (κ2) is 9.32. The summed E-state index contributed by atoms with van der Waals surface area (Å²) in [6, 6.07) is 16.2. The van der Waals surface area contributed by atoms with Crippen LogP contribution in [-0.4, -0.2) is 44.0 Å². The standard InChI is InChI=1S/C19H22N2O4/c1-21(2)19(23)14-25-17-10-8-15(9-11-17)20-18(22)12-13-24-16-6-4-3-5-7-16/h3-11H,12-14H2,1-2H3,(H,20,22). The van der Waals surface area contributed by atoms with Gasteiger partial charge in [-0.15, -0.1) is 0 Å². The lowest BCUT2D eigenvalue weighted by Gasteiger charge is -2.12. The van der Waals surface area contributed by atoms with Gasteiger partial charge in [0.05, 0.1) is 13.0 Å². The van der Waals surface area contributed by atoms with E-state index in [-0.39, 0.29) is 24.8 Å². The summed E-state index contributed by atoms with van der Waals surface area (Å²) in [5.74, 6) is 1.06. The minimum absolute atomic E-state index is 0.0183. The normalized spacial score (nSPS) is 10.0. The number of anilines is 1. The summed E-state index contributed by atoms with van der Waals surface area (Å²) in [6.07, 6.45) is 0.254. The van der Waals surface area contributed by atoms with Crippen molar-refractivity contribution in [3.63, 3.8) is 0 Å². The average molecular weight is 342 g/mol. The van der Waals surface area contributed by atoms with Crippen molar-refractivity contribution >= 4 is 17.5 Å². The summed E-state index contributed by atoms with van der Waals surface area (Å²) in [5.41, 5.74) is 0.663. The van der Waals surface area contributed by atoms with E-state index in [4.69, 9.17) is 9.47 Å². The monoisotopic (exact) mass is 342 g/mol. The third-order valence-corrected chi connectivity index (χ3v) is 3.34. The van der Waals surface area contributed by atoms with Gasteiger partial charge in [0, 0.05) is 19.8 Å². The van der Waals surface area contributed by atoms with E-state index in [9.17, 15) is 9.59 Å². The zero-order valence-corrected chi connectivity index (χ0v) is 14.4. The number of likely N-dealkylation sites (N-methyl/N-ethyl adjacent to an activating group) is 1. The highest BCUT2D eigenvalue weighted by atomic mass is 16.5. The van der Waals surface area contributed by atoms with Crippen molar-refractivity contribution in [3.05, 3.63) is 54.6 Å². The molecule has 2 amide bonds. The molecule has 0 aliphatic rings. The Bertz CT molecular complexity index is 684. The molecule has 0 aromatic heterocycles. The number of rotatable bonds is 8. The summed E-state index contributed by atoms with van der Waals surface area (Å²) in [5, 5.41) is 2.79. The van der Waals surface area contributed by atoms with Crippen molar-refractivity contribution in [2.45, 2.75) is 6.42 Å². The third kappa shape index (κ3) is 6.55. The maximum absolute atomic E-state index is 11.9. The van der Waals surface area contributed by atoms with E-state index in [1.165, 1.54) is 4.90 Å². The molecule has 0 spiro atoms. The molecule has 0 aliphatic carbocycles. The third-order valence-electron chi connectivity index (χ3n) is 3.34. The Morgan fingerprint density at radius 3 is 2.20 bits per heavy atom. The number of para-hydroxylation sites is 1. The summed E-state index contributed by atoms with van der Waals surface area (Å²) < 4.78 is 10.9. The Hall–Kier alpha value is -3.02. The highest BCUT2D eigenvalue weighted by Gasteiger charge is 2.06. The molecule has 0 saturated carbocycles. The van der Waals surface area contributed by atoms with Gasteiger partial charge in [0.25, 0.3) is 5.91 Å². The van der Waals surface area contributed by atoms with Crippen LogP contribution in [-0.2, 0) is 9.59 Å². The van der Waals surface area contributed by atoms with Gasteiger partial charge in [0.15, 0.2) is 6.61 Å². The number of benzene rings is 2. The van der Waals surface area contributed by atoms with Gasteiger partial charge < -0.3 is 19.7 Å². The molecule has 0 atom stereocenters. The fraction of sp³-hybridized carbons (Fsp3) is 0.263. The minimum Gasteiger partial charge on any atom is -0.493 e. The molecule has 2 aromatic carbocycles. The molecule has 1 N–H and O–H groups in total. The van der Waals surface area contributed by atoms with Gasteiger partial charge in [-0.3, -0.25) is 9.59 Å². The summed E-state index contributed by atoms with van der Waals surface area (Å²) in [7, 11) is 3.34. The van der Waals surface area contributed by atoms with Crippen LogP contribution in [0.4, 0.5) is 5.69 Å². The molecule has 0 aliphatic heterocycles. The number of nitrogens with zero attached hydrogens (tertiary/aromatic N) is 1. The molecule has 2 rings (SSSR count). The minimum atomic E-state index is -0.132. The highest BCUT2D eigenvalue weighted by Crippen LogP contribution is 2.16. The molecule has 0 bridgehead atoms. The van der Waals surface area contributed by atoms with Crippen LogP contribution in [0.15, 0.2) is 54.6 Å². The Balaban J connectivity index is 1.72. The number of carbonyl (C=O) groups excluding carboxylic acids is 2. The highest BCUT2D eigenvalue weighted by molar-refractivity contribution is 5.90. The molecule has 0 unspecified atom stereocenters. The van der Waals surface area contributed by atoms with Crippen LogP contribution >= 0.6 is 0 Å². The van der Waals surface area contributed by atoms with Gasteiger partial charge in [-0.2, -0.15) is 0 Å². The molecule has 0 saturated heterocycles. The van der Waals surface area contributed by atoms with E-state index in [1.807, 2.05) is 30.3 Å². The fourth-order valence-corrected chi connectivity index (χ4v) is 1.91. The van der Waals surface area contributed by atoms with Crippen LogP contribution in [0.3, 0.4) is 0 Å². The molecular formula is C19H22N2O4. The first-order chi connectivity index (χ1) is 12.0. The first-order valence-electron chi connectivity index (χ1n) is 7.95. The van der Waals surface area contributed by atoms with Crippen LogP contribution in [0.2, 0.25) is 0 Å². The van der Waals surface area contributed by atoms with Gasteiger partial charge >= 0.3 is 0 Å². The number of ether oxygens (including phenoxy) is 2.